The summed E-state index contributed by atoms with van der Waals surface area (Å²) in [5, 5.41) is 7.40. The number of benzene rings is 2. The van der Waals surface area contributed by atoms with Gasteiger partial charge in [0.1, 0.15) is 7.28 Å². The fraction of sp³-hybridized carbons (Fsp3) is 0.300. The van der Waals surface area contributed by atoms with Crippen LogP contribution in [0.3, 0.4) is 0 Å². The van der Waals surface area contributed by atoms with Crippen LogP contribution in [0.4, 0.5) is 5.69 Å². The fourth-order valence-corrected chi connectivity index (χ4v) is 3.81. The van der Waals surface area contributed by atoms with Crippen molar-refractivity contribution >= 4 is 48.0 Å². The number of anilines is 1. The Hall–Kier alpha value is -2.02. The number of methoxy groups -OCH3 is 1. The lowest BCUT2D eigenvalue weighted by Gasteiger charge is -2.20. The van der Waals surface area contributed by atoms with Crippen LogP contribution in [-0.2, 0) is 14.3 Å². The first kappa shape index (κ1) is 20.7. The Morgan fingerprint density at radius 1 is 1.18 bits per heavy atom. The zero-order valence-corrected chi connectivity index (χ0v) is 16.8. The van der Waals surface area contributed by atoms with Crippen LogP contribution in [0.15, 0.2) is 48.5 Å². The SMILES string of the molecule is COC(=O)C[B]C1CC(c2cccc(Cl)c2)C(C(=O)Nc2cccc(Cl)c2)N1. The number of esters is 1. The summed E-state index contributed by atoms with van der Waals surface area (Å²) in [6.45, 7) is 0. The number of hydrogen-bond acceptors (Lipinski definition) is 4. The maximum atomic E-state index is 13.0. The molecule has 2 aromatic rings. The minimum absolute atomic E-state index is 0.0863. The van der Waals surface area contributed by atoms with Crippen molar-refractivity contribution in [2.75, 3.05) is 12.4 Å². The van der Waals surface area contributed by atoms with Crippen molar-refractivity contribution in [3.8, 4) is 0 Å². The Balaban J connectivity index is 1.77. The molecular formula is C20H20BCl2N2O3. The largest absolute Gasteiger partial charge is 0.470 e. The number of carbonyl (C=O) groups is 2. The van der Waals surface area contributed by atoms with E-state index in [1.807, 2.05) is 25.5 Å². The highest BCUT2D eigenvalue weighted by atomic mass is 35.5. The van der Waals surface area contributed by atoms with E-state index in [4.69, 9.17) is 27.9 Å². The molecule has 3 unspecified atom stereocenters. The average molecular weight is 418 g/mol. The molecule has 28 heavy (non-hydrogen) atoms. The van der Waals surface area contributed by atoms with Gasteiger partial charge in [-0.2, -0.15) is 0 Å². The summed E-state index contributed by atoms with van der Waals surface area (Å²) < 4.78 is 4.69. The summed E-state index contributed by atoms with van der Waals surface area (Å²) in [4.78, 5) is 24.4. The van der Waals surface area contributed by atoms with E-state index in [0.717, 1.165) is 5.56 Å². The second-order valence-corrected chi connectivity index (χ2v) is 7.54. The third kappa shape index (κ3) is 5.28. The maximum absolute atomic E-state index is 13.0. The van der Waals surface area contributed by atoms with Gasteiger partial charge in [-0.1, -0.05) is 41.4 Å². The Bertz CT molecular complexity index is 865. The number of halogens is 2. The lowest BCUT2D eigenvalue weighted by atomic mass is 9.65. The van der Waals surface area contributed by atoms with Gasteiger partial charge in [0.2, 0.25) is 5.91 Å². The highest BCUT2D eigenvalue weighted by molar-refractivity contribution is 6.43. The van der Waals surface area contributed by atoms with Crippen LogP contribution < -0.4 is 10.6 Å². The van der Waals surface area contributed by atoms with Gasteiger partial charge < -0.3 is 15.4 Å². The van der Waals surface area contributed by atoms with Gasteiger partial charge in [-0.05, 0) is 48.3 Å². The normalized spacial score (nSPS) is 21.2. The average Bonchev–Trinajstić information content (AvgIpc) is 3.10. The number of hydrogen-bond donors (Lipinski definition) is 2. The molecule has 5 nitrogen and oxygen atoms in total. The molecule has 0 spiro atoms. The van der Waals surface area contributed by atoms with E-state index in [9.17, 15) is 9.59 Å². The van der Waals surface area contributed by atoms with Gasteiger partial charge >= 0.3 is 0 Å². The summed E-state index contributed by atoms with van der Waals surface area (Å²) in [5.41, 5.74) is 1.60. The van der Waals surface area contributed by atoms with E-state index in [2.05, 4.69) is 10.6 Å². The van der Waals surface area contributed by atoms with Crippen LogP contribution in [0.1, 0.15) is 17.9 Å². The van der Waals surface area contributed by atoms with Gasteiger partial charge in [-0.3, -0.25) is 9.59 Å². The van der Waals surface area contributed by atoms with Gasteiger partial charge in [-0.15, -0.1) is 0 Å². The maximum Gasteiger partial charge on any atom is 0.297 e. The molecule has 0 bridgehead atoms. The molecule has 1 radical (unpaired) electrons. The van der Waals surface area contributed by atoms with E-state index in [-0.39, 0.29) is 30.1 Å². The highest BCUT2D eigenvalue weighted by Gasteiger charge is 2.39. The van der Waals surface area contributed by atoms with Crippen LogP contribution in [0.2, 0.25) is 16.4 Å². The van der Waals surface area contributed by atoms with E-state index in [1.165, 1.54) is 7.11 Å². The molecule has 1 fully saturated rings. The molecule has 3 atom stereocenters. The first-order chi connectivity index (χ1) is 13.5. The summed E-state index contributed by atoms with van der Waals surface area (Å²) in [5.74, 6) is -0.663. The van der Waals surface area contributed by atoms with E-state index >= 15 is 0 Å². The molecule has 8 heteroatoms. The standard InChI is InChI=1S/C20H20BCl2N2O3/c1-28-18(26)11-21-17-10-16(12-4-2-5-13(22)8-12)19(25-17)20(27)24-15-7-3-6-14(23)9-15/h2-9,16-17,19,25H,10-11H2,1H3,(H,24,27). The third-order valence-electron chi connectivity index (χ3n) is 4.75. The molecule has 0 aliphatic carbocycles. The summed E-state index contributed by atoms with van der Waals surface area (Å²) >= 11 is 12.2. The Kier molecular flexibility index (Phi) is 7.00. The van der Waals surface area contributed by atoms with Gasteiger partial charge in [0.25, 0.3) is 5.97 Å². The topological polar surface area (TPSA) is 67.4 Å². The molecule has 3 rings (SSSR count). The third-order valence-corrected chi connectivity index (χ3v) is 5.22. The number of carbonyl (C=O) groups excluding carboxylic acids is 2. The van der Waals surface area contributed by atoms with Crippen molar-refractivity contribution in [3.05, 3.63) is 64.1 Å². The van der Waals surface area contributed by atoms with Crippen molar-refractivity contribution in [1.29, 1.82) is 0 Å². The van der Waals surface area contributed by atoms with Crippen LogP contribution in [-0.4, -0.2) is 38.2 Å². The van der Waals surface area contributed by atoms with Gasteiger partial charge in [0, 0.05) is 28.0 Å². The lowest BCUT2D eigenvalue weighted by Crippen LogP contribution is -2.43. The lowest BCUT2D eigenvalue weighted by molar-refractivity contribution is -0.137. The molecule has 1 amide bonds. The first-order valence-corrected chi connectivity index (χ1v) is 9.70. The van der Waals surface area contributed by atoms with Crippen molar-refractivity contribution in [1.82, 2.24) is 5.32 Å². The summed E-state index contributed by atoms with van der Waals surface area (Å²) in [6, 6.07) is 14.0. The monoisotopic (exact) mass is 417 g/mol. The molecule has 145 valence electrons. The Morgan fingerprint density at radius 3 is 2.57 bits per heavy atom. The van der Waals surface area contributed by atoms with Gasteiger partial charge in [0.05, 0.1) is 13.2 Å². The predicted octanol–water partition coefficient (Wildman–Crippen LogP) is 3.70. The summed E-state index contributed by atoms with van der Waals surface area (Å²) in [6.07, 6.45) is 0.851. The minimum Gasteiger partial charge on any atom is -0.470 e. The summed E-state index contributed by atoms with van der Waals surface area (Å²) in [7, 11) is 3.20. The molecule has 0 saturated carbocycles. The predicted molar refractivity (Wildman–Crippen MR) is 112 cm³/mol. The second kappa shape index (κ2) is 9.46. The van der Waals surface area contributed by atoms with Gasteiger partial charge in [0.15, 0.2) is 0 Å². The van der Waals surface area contributed by atoms with E-state index < -0.39 is 6.04 Å². The molecular weight excluding hydrogens is 398 g/mol. The molecule has 1 saturated heterocycles. The van der Waals surface area contributed by atoms with Crippen LogP contribution in [0, 0.1) is 0 Å². The van der Waals surface area contributed by atoms with E-state index in [0.29, 0.717) is 22.2 Å². The molecule has 2 N–H and O–H groups in total. The quantitative estimate of drug-likeness (QED) is 0.555. The zero-order chi connectivity index (χ0) is 20.1. The minimum atomic E-state index is -0.476. The van der Waals surface area contributed by atoms with E-state index in [1.54, 1.807) is 30.3 Å². The van der Waals surface area contributed by atoms with Crippen molar-refractivity contribution in [3.63, 3.8) is 0 Å². The van der Waals surface area contributed by atoms with Crippen LogP contribution in [0.25, 0.3) is 0 Å². The number of nitrogens with one attached hydrogen (secondary N) is 2. The first-order valence-electron chi connectivity index (χ1n) is 8.94. The number of ether oxygens (including phenoxy) is 1. The Morgan fingerprint density at radius 2 is 1.89 bits per heavy atom. The van der Waals surface area contributed by atoms with Crippen molar-refractivity contribution in [2.45, 2.75) is 30.6 Å². The Labute approximate surface area is 175 Å². The smallest absolute Gasteiger partial charge is 0.297 e. The number of rotatable bonds is 6. The molecule has 1 aliphatic rings. The molecule has 2 aromatic carbocycles. The fourth-order valence-electron chi connectivity index (χ4n) is 3.42. The van der Waals surface area contributed by atoms with Crippen LogP contribution in [0.5, 0.6) is 0 Å². The molecule has 1 heterocycles. The number of amides is 1. The molecule has 1 aliphatic heterocycles. The van der Waals surface area contributed by atoms with Gasteiger partial charge in [-0.25, -0.2) is 0 Å². The highest BCUT2D eigenvalue weighted by Crippen LogP contribution is 2.33. The van der Waals surface area contributed by atoms with Crippen molar-refractivity contribution in [2.24, 2.45) is 0 Å². The zero-order valence-electron chi connectivity index (χ0n) is 15.3. The van der Waals surface area contributed by atoms with Crippen LogP contribution >= 0.6 is 23.2 Å². The second-order valence-electron chi connectivity index (χ2n) is 6.66. The molecule has 0 aromatic heterocycles. The van der Waals surface area contributed by atoms with Crippen molar-refractivity contribution < 1.29 is 14.3 Å².